The van der Waals surface area contributed by atoms with Crippen LogP contribution in [0.4, 0.5) is 5.13 Å². The van der Waals surface area contributed by atoms with E-state index in [0.717, 1.165) is 68.0 Å². The molecule has 0 aliphatic heterocycles. The number of allylic oxidation sites excluding steroid dienone is 2. The van der Waals surface area contributed by atoms with Gasteiger partial charge in [-0.25, -0.2) is 4.98 Å². The van der Waals surface area contributed by atoms with Gasteiger partial charge in [0.1, 0.15) is 0 Å². The number of aromatic nitrogens is 1. The molecule has 1 amide bonds. The van der Waals surface area contributed by atoms with Crippen molar-refractivity contribution in [2.45, 2.75) is 112 Å². The SMILES string of the molecule is CC1(C)[C@@H](O)CC[C@]2(C)[C@H]3C(=O)C=C4[C@@H]5C[C@@](C)(C(=O)Nc6nc7ccccc7s6)CC[C@]5(C)CC[C@@]4(C)[C@]3(C)CC[C@@H]12. The number of carbonyl (C=O) groups is 2. The smallest absolute Gasteiger partial charge is 0.232 e. The molecule has 4 fully saturated rings. The number of rotatable bonds is 2. The van der Waals surface area contributed by atoms with Gasteiger partial charge in [0.15, 0.2) is 10.9 Å². The lowest BCUT2D eigenvalue weighted by atomic mass is 9.33. The van der Waals surface area contributed by atoms with Crippen LogP contribution in [0.25, 0.3) is 10.2 Å². The van der Waals surface area contributed by atoms with E-state index in [1.807, 2.05) is 24.3 Å². The van der Waals surface area contributed by atoms with Gasteiger partial charge in [-0.1, -0.05) is 77.5 Å². The molecule has 5 nitrogen and oxygen atoms in total. The molecule has 2 N–H and O–H groups in total. The van der Waals surface area contributed by atoms with E-state index in [2.05, 4.69) is 64.8 Å². The highest BCUT2D eigenvalue weighted by Crippen LogP contribution is 2.75. The molecule has 2 aromatic rings. The van der Waals surface area contributed by atoms with Gasteiger partial charge < -0.3 is 10.4 Å². The van der Waals surface area contributed by atoms with Crippen LogP contribution in [0.3, 0.4) is 0 Å². The highest BCUT2D eigenvalue weighted by Gasteiger charge is 2.70. The van der Waals surface area contributed by atoms with Gasteiger partial charge in [0, 0.05) is 11.3 Å². The molecule has 5 aliphatic carbocycles. The van der Waals surface area contributed by atoms with Gasteiger partial charge in [0.25, 0.3) is 0 Å². The van der Waals surface area contributed by atoms with Crippen molar-refractivity contribution in [1.29, 1.82) is 0 Å². The number of hydrogen-bond acceptors (Lipinski definition) is 5. The lowest BCUT2D eigenvalue weighted by molar-refractivity contribution is -0.202. The molecule has 4 saturated carbocycles. The van der Waals surface area contributed by atoms with Crippen LogP contribution in [0.5, 0.6) is 0 Å². The number of hydrogen-bond donors (Lipinski definition) is 2. The normalized spacial score (nSPS) is 45.3. The average Bonchev–Trinajstić information content (AvgIpc) is 3.35. The maximum atomic E-state index is 14.6. The average molecular weight is 603 g/mol. The monoisotopic (exact) mass is 602 g/mol. The Morgan fingerprint density at radius 3 is 2.42 bits per heavy atom. The largest absolute Gasteiger partial charge is 0.393 e. The number of fused-ring (bicyclic) bond motifs is 8. The number of benzene rings is 1. The number of para-hydroxylation sites is 1. The highest BCUT2D eigenvalue weighted by molar-refractivity contribution is 7.22. The summed E-state index contributed by atoms with van der Waals surface area (Å²) in [5, 5.41) is 14.9. The third kappa shape index (κ3) is 3.93. The number of carbonyl (C=O) groups excluding carboxylic acids is 2. The number of thiazole rings is 1. The second kappa shape index (κ2) is 9.25. The first-order valence-corrected chi connectivity index (χ1v) is 17.5. The van der Waals surface area contributed by atoms with Crippen LogP contribution < -0.4 is 5.32 Å². The van der Waals surface area contributed by atoms with Crippen LogP contribution >= 0.6 is 11.3 Å². The Bertz CT molecular complexity index is 1510. The highest BCUT2D eigenvalue weighted by atomic mass is 32.1. The van der Waals surface area contributed by atoms with Crippen LogP contribution in [0.2, 0.25) is 0 Å². The molecule has 43 heavy (non-hydrogen) atoms. The fraction of sp³-hybridized carbons (Fsp3) is 0.703. The Labute approximate surface area is 261 Å². The molecule has 0 bridgehead atoms. The fourth-order valence-corrected chi connectivity index (χ4v) is 12.4. The quantitative estimate of drug-likeness (QED) is 0.361. The van der Waals surface area contributed by atoms with Crippen LogP contribution in [0.1, 0.15) is 106 Å². The summed E-state index contributed by atoms with van der Waals surface area (Å²) in [5.74, 6) is 0.889. The molecule has 1 aromatic carbocycles. The summed E-state index contributed by atoms with van der Waals surface area (Å²) in [7, 11) is 0. The first-order chi connectivity index (χ1) is 20.1. The number of aliphatic hydroxyl groups is 1. The van der Waals surface area contributed by atoms with E-state index in [0.29, 0.717) is 16.8 Å². The summed E-state index contributed by atoms with van der Waals surface area (Å²) in [6.45, 7) is 16.3. The molecule has 232 valence electrons. The number of ketones is 1. The molecule has 1 heterocycles. The lowest BCUT2D eigenvalue weighted by Gasteiger charge is -2.70. The summed E-state index contributed by atoms with van der Waals surface area (Å²) >= 11 is 1.53. The summed E-state index contributed by atoms with van der Waals surface area (Å²) in [4.78, 5) is 33.2. The zero-order chi connectivity index (χ0) is 30.8. The van der Waals surface area contributed by atoms with Crippen LogP contribution in [0.15, 0.2) is 35.9 Å². The molecule has 0 saturated heterocycles. The molecule has 0 unspecified atom stereocenters. The number of aliphatic hydroxyl groups excluding tert-OH is 1. The Balaban J connectivity index is 1.23. The van der Waals surface area contributed by atoms with E-state index < -0.39 is 5.41 Å². The fourth-order valence-electron chi connectivity index (χ4n) is 11.5. The second-order valence-electron chi connectivity index (χ2n) is 17.1. The molecule has 7 rings (SSSR count). The van der Waals surface area contributed by atoms with E-state index in [1.54, 1.807) is 0 Å². The molecule has 0 spiro atoms. The minimum Gasteiger partial charge on any atom is -0.393 e. The Kier molecular flexibility index (Phi) is 6.38. The van der Waals surface area contributed by atoms with Crippen molar-refractivity contribution < 1.29 is 14.7 Å². The summed E-state index contributed by atoms with van der Waals surface area (Å²) < 4.78 is 1.08. The van der Waals surface area contributed by atoms with Gasteiger partial charge >= 0.3 is 0 Å². The van der Waals surface area contributed by atoms with Crippen molar-refractivity contribution in [1.82, 2.24) is 4.98 Å². The zero-order valence-electron chi connectivity index (χ0n) is 27.2. The summed E-state index contributed by atoms with van der Waals surface area (Å²) in [6, 6.07) is 8.02. The number of anilines is 1. The van der Waals surface area contributed by atoms with Crippen molar-refractivity contribution in [2.75, 3.05) is 5.32 Å². The maximum Gasteiger partial charge on any atom is 0.232 e. The van der Waals surface area contributed by atoms with E-state index in [1.165, 1.54) is 16.9 Å². The molecule has 5 aliphatic rings. The Hall–Kier alpha value is -2.05. The van der Waals surface area contributed by atoms with Crippen LogP contribution in [0, 0.1) is 50.2 Å². The van der Waals surface area contributed by atoms with E-state index in [4.69, 9.17) is 0 Å². The van der Waals surface area contributed by atoms with Gasteiger partial charge in [0.05, 0.1) is 16.3 Å². The lowest BCUT2D eigenvalue weighted by Crippen LogP contribution is -2.66. The summed E-state index contributed by atoms with van der Waals surface area (Å²) in [5.41, 5.74) is 1.32. The molecule has 1 aromatic heterocycles. The van der Waals surface area contributed by atoms with Gasteiger partial charge in [0.2, 0.25) is 5.91 Å². The van der Waals surface area contributed by atoms with Crippen LogP contribution in [-0.4, -0.2) is 27.9 Å². The van der Waals surface area contributed by atoms with Gasteiger partial charge in [-0.05, 0) is 115 Å². The number of nitrogens with one attached hydrogen (secondary N) is 1. The van der Waals surface area contributed by atoms with Gasteiger partial charge in [-0.15, -0.1) is 0 Å². The maximum absolute atomic E-state index is 14.6. The number of nitrogens with zero attached hydrogens (tertiary/aromatic N) is 1. The van der Waals surface area contributed by atoms with Gasteiger partial charge in [-0.2, -0.15) is 0 Å². The van der Waals surface area contributed by atoms with Gasteiger partial charge in [-0.3, -0.25) is 9.59 Å². The van der Waals surface area contributed by atoms with Crippen molar-refractivity contribution >= 4 is 38.4 Å². The van der Waals surface area contributed by atoms with Crippen molar-refractivity contribution in [3.05, 3.63) is 35.9 Å². The zero-order valence-corrected chi connectivity index (χ0v) is 28.0. The standard InChI is InChI=1S/C37H50N2O3S/c1-32(2)27-12-15-37(7)29(35(27,5)14-13-28(32)41)25(40)20-22-23-21-34(4,17-16-33(23,3)18-19-36(22,37)6)30(42)39-31-38-24-10-8-9-11-26(24)43-31/h8-11,20,23,27-29,41H,12-19,21H2,1-7H3,(H,38,39,42)/t23-,27-,28-,29+,33+,34-,35-,36+,37+/m0/s1. The third-order valence-corrected chi connectivity index (χ3v) is 15.6. The molecular weight excluding hydrogens is 552 g/mol. The minimum atomic E-state index is -0.519. The summed E-state index contributed by atoms with van der Waals surface area (Å²) in [6.07, 6.45) is 10.4. The number of amides is 1. The van der Waals surface area contributed by atoms with Crippen molar-refractivity contribution in [2.24, 2.45) is 50.2 Å². The minimum absolute atomic E-state index is 0.0269. The molecule has 9 atom stereocenters. The Morgan fingerprint density at radius 2 is 1.67 bits per heavy atom. The Morgan fingerprint density at radius 1 is 0.953 bits per heavy atom. The van der Waals surface area contributed by atoms with E-state index in [-0.39, 0.29) is 50.9 Å². The predicted octanol–water partition coefficient (Wildman–Crippen LogP) is 8.58. The van der Waals surface area contributed by atoms with Crippen molar-refractivity contribution in [3.8, 4) is 0 Å². The first-order valence-electron chi connectivity index (χ1n) is 16.7. The van der Waals surface area contributed by atoms with E-state index >= 15 is 0 Å². The van der Waals surface area contributed by atoms with Crippen LogP contribution in [-0.2, 0) is 9.59 Å². The van der Waals surface area contributed by atoms with E-state index in [9.17, 15) is 14.7 Å². The third-order valence-electron chi connectivity index (χ3n) is 14.6. The molecular formula is C37H50N2O3S. The topological polar surface area (TPSA) is 79.3 Å². The molecule has 0 radical (unpaired) electrons. The van der Waals surface area contributed by atoms with Crippen molar-refractivity contribution in [3.63, 3.8) is 0 Å². The second-order valence-corrected chi connectivity index (χ2v) is 18.1. The predicted molar refractivity (Wildman–Crippen MR) is 174 cm³/mol. The first kappa shape index (κ1) is 29.6. The molecule has 6 heteroatoms.